The molecule has 0 aromatic carbocycles. The molecule has 1 aromatic heterocycles. The van der Waals surface area contributed by atoms with Crippen LogP contribution in [0, 0.1) is 0 Å². The molecule has 1 atom stereocenters. The molecule has 4 heteroatoms. The Bertz CT molecular complexity index is 450. The Kier molecular flexibility index (Phi) is 3.60. The highest BCUT2D eigenvalue weighted by Crippen LogP contribution is 2.33. The van der Waals surface area contributed by atoms with E-state index in [2.05, 4.69) is 10.8 Å². The first-order valence-corrected chi connectivity index (χ1v) is 7.49. The normalized spacial score (nSPS) is 24.3. The largest absolute Gasteiger partial charge is 0.340 e. The lowest BCUT2D eigenvalue weighted by Gasteiger charge is -2.36. The van der Waals surface area contributed by atoms with Crippen molar-refractivity contribution in [3.05, 3.63) is 24.0 Å². The molecule has 1 saturated carbocycles. The van der Waals surface area contributed by atoms with Gasteiger partial charge in [0, 0.05) is 31.4 Å². The van der Waals surface area contributed by atoms with Crippen LogP contribution in [0.4, 0.5) is 0 Å². The zero-order chi connectivity index (χ0) is 13.2. The highest BCUT2D eigenvalue weighted by atomic mass is 16.2. The van der Waals surface area contributed by atoms with Gasteiger partial charge >= 0.3 is 0 Å². The Morgan fingerprint density at radius 1 is 1.26 bits per heavy atom. The number of likely N-dealkylation sites (tertiary alicyclic amines) is 1. The van der Waals surface area contributed by atoms with E-state index >= 15 is 0 Å². The summed E-state index contributed by atoms with van der Waals surface area (Å²) >= 11 is 0. The Balaban J connectivity index is 1.80. The summed E-state index contributed by atoms with van der Waals surface area (Å²) in [5, 5.41) is 0. The summed E-state index contributed by atoms with van der Waals surface area (Å²) in [6, 6.07) is 4.72. The molecule has 0 bridgehead atoms. The fourth-order valence-electron chi connectivity index (χ4n) is 3.22. The average molecular weight is 261 g/mol. The molecule has 0 spiro atoms. The molecule has 2 N–H and O–H groups in total. The van der Waals surface area contributed by atoms with Crippen LogP contribution in [0.1, 0.15) is 55.1 Å². The standard InChI is InChI=1S/C15H23N3O/c16-11-13-5-1-2-9-18(13)15(19)14-8-4-10-17(14)12-6-3-7-12/h4,8,10,12-13H,1-3,5-7,9,11,16H2. The fourth-order valence-corrected chi connectivity index (χ4v) is 3.22. The van der Waals surface area contributed by atoms with Gasteiger partial charge in [-0.3, -0.25) is 4.79 Å². The van der Waals surface area contributed by atoms with Crippen LogP contribution < -0.4 is 5.73 Å². The van der Waals surface area contributed by atoms with Crippen molar-refractivity contribution in [3.63, 3.8) is 0 Å². The van der Waals surface area contributed by atoms with E-state index < -0.39 is 0 Å². The third-order valence-electron chi connectivity index (χ3n) is 4.63. The Hall–Kier alpha value is -1.29. The van der Waals surface area contributed by atoms with Crippen LogP contribution >= 0.6 is 0 Å². The number of carbonyl (C=O) groups excluding carboxylic acids is 1. The first kappa shape index (κ1) is 12.7. The number of nitrogens with two attached hydrogens (primary N) is 1. The quantitative estimate of drug-likeness (QED) is 0.906. The van der Waals surface area contributed by atoms with Crippen molar-refractivity contribution in [2.45, 2.75) is 50.6 Å². The van der Waals surface area contributed by atoms with Crippen molar-refractivity contribution >= 4 is 5.91 Å². The Morgan fingerprint density at radius 2 is 2.11 bits per heavy atom. The molecule has 1 aliphatic carbocycles. The van der Waals surface area contributed by atoms with Gasteiger partial charge in [0.25, 0.3) is 5.91 Å². The minimum absolute atomic E-state index is 0.173. The van der Waals surface area contributed by atoms with Gasteiger partial charge in [-0.25, -0.2) is 0 Å². The van der Waals surface area contributed by atoms with Crippen molar-refractivity contribution in [1.82, 2.24) is 9.47 Å². The SMILES string of the molecule is NCC1CCCCN1C(=O)c1cccn1C1CCC1. The molecule has 104 valence electrons. The summed E-state index contributed by atoms with van der Waals surface area (Å²) < 4.78 is 2.17. The first-order chi connectivity index (χ1) is 9.31. The molecule has 0 radical (unpaired) electrons. The van der Waals surface area contributed by atoms with E-state index in [1.165, 1.54) is 25.7 Å². The van der Waals surface area contributed by atoms with Gasteiger partial charge in [0.05, 0.1) is 0 Å². The number of aromatic nitrogens is 1. The van der Waals surface area contributed by atoms with E-state index in [-0.39, 0.29) is 11.9 Å². The number of piperidine rings is 1. The lowest BCUT2D eigenvalue weighted by molar-refractivity contribution is 0.0606. The second kappa shape index (κ2) is 5.37. The Labute approximate surface area is 114 Å². The highest BCUT2D eigenvalue weighted by molar-refractivity contribution is 5.93. The zero-order valence-electron chi connectivity index (χ0n) is 11.4. The van der Waals surface area contributed by atoms with Gasteiger partial charge in [-0.15, -0.1) is 0 Å². The van der Waals surface area contributed by atoms with Crippen molar-refractivity contribution < 1.29 is 4.79 Å². The number of hydrogen-bond acceptors (Lipinski definition) is 2. The topological polar surface area (TPSA) is 51.3 Å². The summed E-state index contributed by atoms with van der Waals surface area (Å²) in [6.45, 7) is 1.44. The van der Waals surface area contributed by atoms with Crippen LogP contribution in [-0.2, 0) is 0 Å². The predicted molar refractivity (Wildman–Crippen MR) is 75.0 cm³/mol. The van der Waals surface area contributed by atoms with Crippen LogP contribution in [0.3, 0.4) is 0 Å². The molecule has 1 unspecified atom stereocenters. The smallest absolute Gasteiger partial charge is 0.270 e. The molecule has 19 heavy (non-hydrogen) atoms. The summed E-state index contributed by atoms with van der Waals surface area (Å²) in [6.07, 6.45) is 9.09. The van der Waals surface area contributed by atoms with Gasteiger partial charge in [0.1, 0.15) is 5.69 Å². The van der Waals surface area contributed by atoms with Crippen molar-refractivity contribution in [3.8, 4) is 0 Å². The molecule has 3 rings (SSSR count). The molecular weight excluding hydrogens is 238 g/mol. The minimum Gasteiger partial charge on any atom is -0.340 e. The van der Waals surface area contributed by atoms with E-state index in [4.69, 9.17) is 5.73 Å². The Morgan fingerprint density at radius 3 is 2.79 bits per heavy atom. The number of carbonyl (C=O) groups is 1. The first-order valence-electron chi connectivity index (χ1n) is 7.49. The lowest BCUT2D eigenvalue weighted by atomic mass is 9.92. The predicted octanol–water partition coefficient (Wildman–Crippen LogP) is 2.17. The molecule has 2 heterocycles. The monoisotopic (exact) mass is 261 g/mol. The number of rotatable bonds is 3. The molecule has 1 aliphatic heterocycles. The van der Waals surface area contributed by atoms with E-state index in [1.54, 1.807) is 0 Å². The summed E-state index contributed by atoms with van der Waals surface area (Å²) in [5.74, 6) is 0.173. The third kappa shape index (κ3) is 2.29. The van der Waals surface area contributed by atoms with E-state index in [1.807, 2.05) is 17.0 Å². The summed E-state index contributed by atoms with van der Waals surface area (Å²) in [7, 11) is 0. The van der Waals surface area contributed by atoms with E-state index in [9.17, 15) is 4.79 Å². The van der Waals surface area contributed by atoms with Crippen molar-refractivity contribution in [2.75, 3.05) is 13.1 Å². The van der Waals surface area contributed by atoms with Gasteiger partial charge in [0.15, 0.2) is 0 Å². The number of nitrogens with zero attached hydrogens (tertiary/aromatic N) is 2. The average Bonchev–Trinajstić information content (AvgIpc) is 2.85. The highest BCUT2D eigenvalue weighted by Gasteiger charge is 2.30. The molecule has 1 aromatic rings. The van der Waals surface area contributed by atoms with E-state index in [0.717, 1.165) is 25.1 Å². The van der Waals surface area contributed by atoms with Crippen LogP contribution in [0.5, 0.6) is 0 Å². The van der Waals surface area contributed by atoms with Gasteiger partial charge < -0.3 is 15.2 Å². The number of hydrogen-bond donors (Lipinski definition) is 1. The lowest BCUT2D eigenvalue weighted by Crippen LogP contribution is -2.48. The number of amides is 1. The van der Waals surface area contributed by atoms with Crippen molar-refractivity contribution in [1.29, 1.82) is 0 Å². The minimum atomic E-state index is 0.173. The van der Waals surface area contributed by atoms with Gasteiger partial charge in [-0.2, -0.15) is 0 Å². The molecule has 2 aliphatic rings. The summed E-state index contributed by atoms with van der Waals surface area (Å²) in [5.41, 5.74) is 6.67. The van der Waals surface area contributed by atoms with E-state index in [0.29, 0.717) is 12.6 Å². The van der Waals surface area contributed by atoms with Crippen LogP contribution in [-0.4, -0.2) is 34.5 Å². The maximum Gasteiger partial charge on any atom is 0.270 e. The molecule has 4 nitrogen and oxygen atoms in total. The molecule has 1 amide bonds. The molecule has 1 saturated heterocycles. The fraction of sp³-hybridized carbons (Fsp3) is 0.667. The second-order valence-electron chi connectivity index (χ2n) is 5.77. The van der Waals surface area contributed by atoms with Gasteiger partial charge in [0.2, 0.25) is 0 Å². The third-order valence-corrected chi connectivity index (χ3v) is 4.63. The van der Waals surface area contributed by atoms with Crippen LogP contribution in [0.15, 0.2) is 18.3 Å². The van der Waals surface area contributed by atoms with Gasteiger partial charge in [-0.05, 0) is 50.7 Å². The van der Waals surface area contributed by atoms with Crippen LogP contribution in [0.25, 0.3) is 0 Å². The van der Waals surface area contributed by atoms with Crippen LogP contribution in [0.2, 0.25) is 0 Å². The maximum absolute atomic E-state index is 12.7. The summed E-state index contributed by atoms with van der Waals surface area (Å²) in [4.78, 5) is 14.7. The zero-order valence-corrected chi connectivity index (χ0v) is 11.4. The molecule has 2 fully saturated rings. The van der Waals surface area contributed by atoms with Crippen molar-refractivity contribution in [2.24, 2.45) is 5.73 Å². The maximum atomic E-state index is 12.7. The van der Waals surface area contributed by atoms with Gasteiger partial charge in [-0.1, -0.05) is 0 Å². The molecular formula is C15H23N3O. The second-order valence-corrected chi connectivity index (χ2v) is 5.77.